The fraction of sp³-hybridized carbons (Fsp3) is 0.615. The number of ether oxygens (including phenoxy) is 1. The second kappa shape index (κ2) is 4.31. The van der Waals surface area contributed by atoms with Gasteiger partial charge in [-0.3, -0.25) is 4.79 Å². The van der Waals surface area contributed by atoms with Gasteiger partial charge in [0.25, 0.3) is 0 Å². The van der Waals surface area contributed by atoms with Crippen molar-refractivity contribution in [3.8, 4) is 0 Å². The molecule has 0 aromatic heterocycles. The van der Waals surface area contributed by atoms with E-state index in [2.05, 4.69) is 6.58 Å². The van der Waals surface area contributed by atoms with E-state index < -0.39 is 5.60 Å². The number of ketones is 1. The molecule has 2 heteroatoms. The van der Waals surface area contributed by atoms with Gasteiger partial charge in [-0.25, -0.2) is 0 Å². The molecule has 1 unspecified atom stereocenters. The highest BCUT2D eigenvalue weighted by Gasteiger charge is 2.42. The van der Waals surface area contributed by atoms with Crippen LogP contribution in [0.2, 0.25) is 0 Å². The first-order valence-corrected chi connectivity index (χ1v) is 5.78. The standard InChI is InChI=1S/C13H18O2/c1-2-6-11-7-8-12(14)13(15-11)9-4-3-5-10-13/h2,7-8,11H,1,3-6,9-10H2. The average molecular weight is 206 g/mol. The van der Waals surface area contributed by atoms with E-state index in [1.165, 1.54) is 6.42 Å². The molecule has 82 valence electrons. The van der Waals surface area contributed by atoms with E-state index in [-0.39, 0.29) is 11.9 Å². The Balaban J connectivity index is 2.13. The molecule has 0 saturated heterocycles. The van der Waals surface area contributed by atoms with Crippen molar-refractivity contribution >= 4 is 5.78 Å². The van der Waals surface area contributed by atoms with E-state index in [1.807, 2.05) is 12.2 Å². The summed E-state index contributed by atoms with van der Waals surface area (Å²) >= 11 is 0. The summed E-state index contributed by atoms with van der Waals surface area (Å²) in [6.07, 6.45) is 11.5. The highest BCUT2D eigenvalue weighted by Crippen LogP contribution is 2.36. The van der Waals surface area contributed by atoms with Gasteiger partial charge in [0, 0.05) is 0 Å². The molecule has 1 aliphatic carbocycles. The van der Waals surface area contributed by atoms with Gasteiger partial charge < -0.3 is 4.74 Å². The van der Waals surface area contributed by atoms with Crippen LogP contribution in [0.4, 0.5) is 0 Å². The first-order chi connectivity index (χ1) is 7.27. The normalized spacial score (nSPS) is 29.3. The number of hydrogen-bond donors (Lipinski definition) is 0. The van der Waals surface area contributed by atoms with Crippen LogP contribution >= 0.6 is 0 Å². The lowest BCUT2D eigenvalue weighted by Gasteiger charge is -2.39. The van der Waals surface area contributed by atoms with Crippen molar-refractivity contribution < 1.29 is 9.53 Å². The van der Waals surface area contributed by atoms with Gasteiger partial charge in [0.1, 0.15) is 5.60 Å². The second-order valence-corrected chi connectivity index (χ2v) is 4.46. The molecule has 2 aliphatic rings. The van der Waals surface area contributed by atoms with Crippen LogP contribution in [0.1, 0.15) is 38.5 Å². The summed E-state index contributed by atoms with van der Waals surface area (Å²) < 4.78 is 5.96. The van der Waals surface area contributed by atoms with Crippen molar-refractivity contribution in [1.82, 2.24) is 0 Å². The van der Waals surface area contributed by atoms with Gasteiger partial charge in [-0.1, -0.05) is 31.4 Å². The number of carbonyl (C=O) groups excluding carboxylic acids is 1. The lowest BCUT2D eigenvalue weighted by molar-refractivity contribution is -0.153. The molecule has 1 heterocycles. The molecule has 1 fully saturated rings. The SMILES string of the molecule is C=CCC1C=CC(=O)C2(CCCCC2)O1. The Morgan fingerprint density at radius 3 is 2.87 bits per heavy atom. The third-order valence-corrected chi connectivity index (χ3v) is 3.35. The summed E-state index contributed by atoms with van der Waals surface area (Å²) in [6, 6.07) is 0. The molecule has 0 bridgehead atoms. The van der Waals surface area contributed by atoms with Gasteiger partial charge in [-0.05, 0) is 25.3 Å². The number of carbonyl (C=O) groups is 1. The van der Waals surface area contributed by atoms with Crippen LogP contribution in [0, 0.1) is 0 Å². The van der Waals surface area contributed by atoms with Crippen LogP contribution in [0.5, 0.6) is 0 Å². The van der Waals surface area contributed by atoms with Crippen molar-refractivity contribution in [1.29, 1.82) is 0 Å². The Morgan fingerprint density at radius 2 is 2.20 bits per heavy atom. The van der Waals surface area contributed by atoms with Gasteiger partial charge in [-0.15, -0.1) is 6.58 Å². The average Bonchev–Trinajstić information content (AvgIpc) is 2.26. The Kier molecular flexibility index (Phi) is 3.06. The number of hydrogen-bond acceptors (Lipinski definition) is 2. The minimum Gasteiger partial charge on any atom is -0.359 e. The minimum atomic E-state index is -0.485. The van der Waals surface area contributed by atoms with Gasteiger partial charge in [0.05, 0.1) is 6.10 Å². The highest BCUT2D eigenvalue weighted by atomic mass is 16.5. The molecule has 2 rings (SSSR count). The molecule has 0 amide bonds. The maximum absolute atomic E-state index is 11.9. The summed E-state index contributed by atoms with van der Waals surface area (Å²) in [6.45, 7) is 3.71. The highest BCUT2D eigenvalue weighted by molar-refractivity contribution is 5.97. The van der Waals surface area contributed by atoms with Crippen LogP contribution < -0.4 is 0 Å². The largest absolute Gasteiger partial charge is 0.359 e. The fourth-order valence-electron chi connectivity index (χ4n) is 2.51. The van der Waals surface area contributed by atoms with Gasteiger partial charge in [0.15, 0.2) is 5.78 Å². The van der Waals surface area contributed by atoms with Crippen molar-refractivity contribution in [2.45, 2.75) is 50.2 Å². The monoisotopic (exact) mass is 206 g/mol. The van der Waals surface area contributed by atoms with E-state index in [0.29, 0.717) is 0 Å². The molecule has 0 aromatic carbocycles. The van der Waals surface area contributed by atoms with Gasteiger partial charge in [0.2, 0.25) is 0 Å². The van der Waals surface area contributed by atoms with Crippen LogP contribution in [0.3, 0.4) is 0 Å². The summed E-state index contributed by atoms with van der Waals surface area (Å²) in [5, 5.41) is 0. The Hall–Kier alpha value is -0.890. The fourth-order valence-corrected chi connectivity index (χ4v) is 2.51. The van der Waals surface area contributed by atoms with Crippen molar-refractivity contribution in [2.24, 2.45) is 0 Å². The number of rotatable bonds is 2. The molecule has 1 atom stereocenters. The molecule has 2 nitrogen and oxygen atoms in total. The summed E-state index contributed by atoms with van der Waals surface area (Å²) in [5.74, 6) is 0.169. The van der Waals surface area contributed by atoms with Crippen molar-refractivity contribution in [3.05, 3.63) is 24.8 Å². The predicted molar refractivity (Wildman–Crippen MR) is 59.7 cm³/mol. The Bertz CT molecular complexity index is 285. The first kappa shape index (κ1) is 10.6. The molecule has 0 radical (unpaired) electrons. The van der Waals surface area contributed by atoms with Crippen LogP contribution in [-0.4, -0.2) is 17.5 Å². The smallest absolute Gasteiger partial charge is 0.187 e. The zero-order valence-corrected chi connectivity index (χ0v) is 9.08. The van der Waals surface area contributed by atoms with Gasteiger partial charge >= 0.3 is 0 Å². The minimum absolute atomic E-state index is 0.0540. The van der Waals surface area contributed by atoms with Crippen molar-refractivity contribution in [3.63, 3.8) is 0 Å². The molecular weight excluding hydrogens is 188 g/mol. The van der Waals surface area contributed by atoms with Crippen LogP contribution in [0.25, 0.3) is 0 Å². The van der Waals surface area contributed by atoms with Gasteiger partial charge in [-0.2, -0.15) is 0 Å². The van der Waals surface area contributed by atoms with E-state index in [1.54, 1.807) is 6.08 Å². The molecular formula is C13H18O2. The Labute approximate surface area is 91.0 Å². The third-order valence-electron chi connectivity index (χ3n) is 3.35. The van der Waals surface area contributed by atoms with E-state index in [9.17, 15) is 4.79 Å². The lowest BCUT2D eigenvalue weighted by Crippen LogP contribution is -2.47. The molecule has 15 heavy (non-hydrogen) atoms. The zero-order valence-electron chi connectivity index (χ0n) is 9.08. The zero-order chi connectivity index (χ0) is 10.7. The lowest BCUT2D eigenvalue weighted by atomic mass is 9.80. The van der Waals surface area contributed by atoms with Crippen LogP contribution in [0.15, 0.2) is 24.8 Å². The topological polar surface area (TPSA) is 26.3 Å². The summed E-state index contributed by atoms with van der Waals surface area (Å²) in [7, 11) is 0. The van der Waals surface area contributed by atoms with E-state index in [0.717, 1.165) is 32.1 Å². The maximum atomic E-state index is 11.9. The van der Waals surface area contributed by atoms with E-state index in [4.69, 9.17) is 4.74 Å². The quantitative estimate of drug-likeness (QED) is 0.649. The maximum Gasteiger partial charge on any atom is 0.187 e. The first-order valence-electron chi connectivity index (χ1n) is 5.78. The summed E-state index contributed by atoms with van der Waals surface area (Å²) in [4.78, 5) is 11.9. The summed E-state index contributed by atoms with van der Waals surface area (Å²) in [5.41, 5.74) is -0.485. The molecule has 1 saturated carbocycles. The molecule has 0 N–H and O–H groups in total. The second-order valence-electron chi connectivity index (χ2n) is 4.46. The van der Waals surface area contributed by atoms with Crippen molar-refractivity contribution in [2.75, 3.05) is 0 Å². The molecule has 1 spiro atoms. The molecule has 0 aromatic rings. The molecule has 1 aliphatic heterocycles. The predicted octanol–water partition coefficient (Wildman–Crippen LogP) is 2.79. The van der Waals surface area contributed by atoms with E-state index >= 15 is 0 Å². The van der Waals surface area contributed by atoms with Crippen LogP contribution in [-0.2, 0) is 9.53 Å². The third kappa shape index (κ3) is 2.05. The Morgan fingerprint density at radius 1 is 1.47 bits per heavy atom.